The van der Waals surface area contributed by atoms with Crippen molar-refractivity contribution in [3.8, 4) is 0 Å². The number of benzene rings is 1. The van der Waals surface area contributed by atoms with E-state index in [4.69, 9.17) is 0 Å². The van der Waals surface area contributed by atoms with E-state index < -0.39 is 0 Å². The number of anilines is 1. The van der Waals surface area contributed by atoms with Gasteiger partial charge in [-0.25, -0.2) is 15.0 Å². The zero-order valence-corrected chi connectivity index (χ0v) is 14.2. The number of nitrogens with one attached hydrogen (secondary N) is 1. The van der Waals surface area contributed by atoms with Gasteiger partial charge in [-0.1, -0.05) is 43.7 Å². The van der Waals surface area contributed by atoms with E-state index in [0.29, 0.717) is 18.1 Å². The third-order valence-electron chi connectivity index (χ3n) is 3.92. The fourth-order valence-corrected chi connectivity index (χ4v) is 2.61. The standard InChI is InChI=1S/C19H21N5O/c1-2-3-9-16-17(12-20-14-22-16)23-19(25)18-21-10-11-24(18)13-15-7-5-4-6-8-15/h4-8,10-12,14H,2-3,9,13H2,1H3,(H,23,25). The van der Waals surface area contributed by atoms with Gasteiger partial charge in [0.15, 0.2) is 5.82 Å². The van der Waals surface area contributed by atoms with Crippen LogP contribution in [0.1, 0.15) is 41.6 Å². The van der Waals surface area contributed by atoms with Gasteiger partial charge >= 0.3 is 0 Å². The lowest BCUT2D eigenvalue weighted by atomic mass is 10.2. The van der Waals surface area contributed by atoms with Gasteiger partial charge in [0.05, 0.1) is 17.6 Å². The van der Waals surface area contributed by atoms with E-state index in [2.05, 4.69) is 27.2 Å². The molecule has 0 unspecified atom stereocenters. The maximum absolute atomic E-state index is 12.7. The molecule has 0 spiro atoms. The van der Waals surface area contributed by atoms with E-state index in [1.165, 1.54) is 6.33 Å². The number of imidazole rings is 1. The van der Waals surface area contributed by atoms with Crippen molar-refractivity contribution in [2.24, 2.45) is 0 Å². The van der Waals surface area contributed by atoms with Crippen molar-refractivity contribution < 1.29 is 4.79 Å². The molecule has 3 rings (SSSR count). The van der Waals surface area contributed by atoms with Gasteiger partial charge in [0.2, 0.25) is 0 Å². The van der Waals surface area contributed by atoms with E-state index in [-0.39, 0.29) is 5.91 Å². The molecule has 1 aromatic carbocycles. The topological polar surface area (TPSA) is 72.7 Å². The van der Waals surface area contributed by atoms with Crippen molar-refractivity contribution in [2.75, 3.05) is 5.32 Å². The van der Waals surface area contributed by atoms with E-state index in [1.54, 1.807) is 18.6 Å². The summed E-state index contributed by atoms with van der Waals surface area (Å²) in [6.45, 7) is 2.72. The van der Waals surface area contributed by atoms with E-state index in [0.717, 1.165) is 30.5 Å². The number of rotatable bonds is 7. The smallest absolute Gasteiger partial charge is 0.291 e. The number of hydrogen-bond acceptors (Lipinski definition) is 4. The van der Waals surface area contributed by atoms with Gasteiger partial charge < -0.3 is 9.88 Å². The summed E-state index contributed by atoms with van der Waals surface area (Å²) in [5.41, 5.74) is 2.61. The lowest BCUT2D eigenvalue weighted by molar-refractivity contribution is 0.101. The van der Waals surface area contributed by atoms with Crippen LogP contribution in [0.4, 0.5) is 5.69 Å². The fourth-order valence-electron chi connectivity index (χ4n) is 2.61. The monoisotopic (exact) mass is 335 g/mol. The van der Waals surface area contributed by atoms with Crippen molar-refractivity contribution in [3.05, 3.63) is 72.3 Å². The summed E-state index contributed by atoms with van der Waals surface area (Å²) in [6.07, 6.45) is 9.49. The van der Waals surface area contributed by atoms with Gasteiger partial charge in [0, 0.05) is 18.9 Å². The first-order valence-corrected chi connectivity index (χ1v) is 8.43. The average Bonchev–Trinajstić information content (AvgIpc) is 3.10. The molecule has 3 aromatic rings. The molecule has 0 radical (unpaired) electrons. The molecule has 0 aliphatic heterocycles. The molecule has 6 nitrogen and oxygen atoms in total. The molecule has 0 bridgehead atoms. The van der Waals surface area contributed by atoms with E-state index in [1.807, 2.05) is 34.9 Å². The number of unbranched alkanes of at least 4 members (excludes halogenated alkanes) is 1. The molecule has 0 aliphatic rings. The van der Waals surface area contributed by atoms with Crippen molar-refractivity contribution in [3.63, 3.8) is 0 Å². The van der Waals surface area contributed by atoms with Gasteiger partial charge in [0.25, 0.3) is 5.91 Å². The minimum atomic E-state index is -0.256. The van der Waals surface area contributed by atoms with Crippen LogP contribution in [0.25, 0.3) is 0 Å². The Morgan fingerprint density at radius 3 is 2.84 bits per heavy atom. The molecule has 0 aliphatic carbocycles. The molecule has 0 atom stereocenters. The first kappa shape index (κ1) is 16.8. The predicted molar refractivity (Wildman–Crippen MR) is 96.4 cm³/mol. The number of carbonyl (C=O) groups is 1. The van der Waals surface area contributed by atoms with Gasteiger partial charge in [-0.2, -0.15) is 0 Å². The number of amides is 1. The number of aromatic nitrogens is 4. The molecule has 0 fully saturated rings. The Labute approximate surface area is 147 Å². The molecule has 128 valence electrons. The Hall–Kier alpha value is -3.02. The summed E-state index contributed by atoms with van der Waals surface area (Å²) in [4.78, 5) is 25.2. The summed E-state index contributed by atoms with van der Waals surface area (Å²) in [5, 5.41) is 2.90. The number of nitrogens with zero attached hydrogens (tertiary/aromatic N) is 4. The second-order valence-corrected chi connectivity index (χ2v) is 5.81. The lowest BCUT2D eigenvalue weighted by Crippen LogP contribution is -2.19. The SMILES string of the molecule is CCCCc1ncncc1NC(=O)c1nccn1Cc1ccccc1. The molecule has 1 N–H and O–H groups in total. The third kappa shape index (κ3) is 4.29. The van der Waals surface area contributed by atoms with Crippen molar-refractivity contribution >= 4 is 11.6 Å². The van der Waals surface area contributed by atoms with Crippen molar-refractivity contribution in [1.82, 2.24) is 19.5 Å². The molecular formula is C19H21N5O. The molecule has 6 heteroatoms. The largest absolute Gasteiger partial charge is 0.322 e. The average molecular weight is 335 g/mol. The molecule has 0 saturated heterocycles. The van der Waals surface area contributed by atoms with Crippen molar-refractivity contribution in [1.29, 1.82) is 0 Å². The van der Waals surface area contributed by atoms with Gasteiger partial charge in [0.1, 0.15) is 6.33 Å². The van der Waals surface area contributed by atoms with Crippen LogP contribution in [0.15, 0.2) is 55.2 Å². The first-order chi connectivity index (χ1) is 12.3. The highest BCUT2D eigenvalue weighted by molar-refractivity contribution is 6.02. The summed E-state index contributed by atoms with van der Waals surface area (Å²) in [7, 11) is 0. The molecule has 0 saturated carbocycles. The number of carbonyl (C=O) groups excluding carboxylic acids is 1. The van der Waals surface area contributed by atoms with Crippen LogP contribution in [0, 0.1) is 0 Å². The van der Waals surface area contributed by atoms with Crippen LogP contribution >= 0.6 is 0 Å². The molecule has 2 heterocycles. The Balaban J connectivity index is 1.76. The van der Waals surface area contributed by atoms with Crippen LogP contribution in [-0.2, 0) is 13.0 Å². The van der Waals surface area contributed by atoms with Gasteiger partial charge in [-0.3, -0.25) is 4.79 Å². The summed E-state index contributed by atoms with van der Waals surface area (Å²) >= 11 is 0. The van der Waals surface area contributed by atoms with E-state index in [9.17, 15) is 4.79 Å². The summed E-state index contributed by atoms with van der Waals surface area (Å²) in [5.74, 6) is 0.114. The maximum Gasteiger partial charge on any atom is 0.291 e. The van der Waals surface area contributed by atoms with Gasteiger partial charge in [-0.05, 0) is 18.4 Å². The molecule has 1 amide bonds. The molecular weight excluding hydrogens is 314 g/mol. The Morgan fingerprint density at radius 1 is 1.20 bits per heavy atom. The maximum atomic E-state index is 12.7. The number of aryl methyl sites for hydroxylation is 1. The second-order valence-electron chi connectivity index (χ2n) is 5.81. The van der Waals surface area contributed by atoms with Crippen LogP contribution in [-0.4, -0.2) is 25.4 Å². The minimum Gasteiger partial charge on any atom is -0.322 e. The Kier molecular flexibility index (Phi) is 5.51. The number of hydrogen-bond donors (Lipinski definition) is 1. The highest BCUT2D eigenvalue weighted by atomic mass is 16.2. The highest BCUT2D eigenvalue weighted by Crippen LogP contribution is 2.15. The quantitative estimate of drug-likeness (QED) is 0.719. The first-order valence-electron chi connectivity index (χ1n) is 8.43. The minimum absolute atomic E-state index is 0.256. The van der Waals surface area contributed by atoms with E-state index >= 15 is 0 Å². The zero-order chi connectivity index (χ0) is 17.5. The second kappa shape index (κ2) is 8.19. The van der Waals surface area contributed by atoms with Crippen LogP contribution in [0.2, 0.25) is 0 Å². The third-order valence-corrected chi connectivity index (χ3v) is 3.92. The fraction of sp³-hybridized carbons (Fsp3) is 0.263. The van der Waals surface area contributed by atoms with Crippen LogP contribution in [0.3, 0.4) is 0 Å². The van der Waals surface area contributed by atoms with Gasteiger partial charge in [-0.15, -0.1) is 0 Å². The normalized spacial score (nSPS) is 10.6. The predicted octanol–water partition coefficient (Wildman–Crippen LogP) is 3.32. The Bertz CT molecular complexity index is 829. The molecule has 25 heavy (non-hydrogen) atoms. The Morgan fingerprint density at radius 2 is 2.04 bits per heavy atom. The zero-order valence-electron chi connectivity index (χ0n) is 14.2. The van der Waals surface area contributed by atoms with Crippen LogP contribution < -0.4 is 5.32 Å². The highest BCUT2D eigenvalue weighted by Gasteiger charge is 2.15. The van der Waals surface area contributed by atoms with Crippen molar-refractivity contribution in [2.45, 2.75) is 32.7 Å². The molecule has 2 aromatic heterocycles. The summed E-state index contributed by atoms with van der Waals surface area (Å²) in [6, 6.07) is 9.98. The summed E-state index contributed by atoms with van der Waals surface area (Å²) < 4.78 is 1.83. The van der Waals surface area contributed by atoms with Crippen LogP contribution in [0.5, 0.6) is 0 Å². The lowest BCUT2D eigenvalue weighted by Gasteiger charge is -2.11.